The van der Waals surface area contributed by atoms with Gasteiger partial charge in [-0.15, -0.1) is 0 Å². The third-order valence-corrected chi connectivity index (χ3v) is 2.53. The highest BCUT2D eigenvalue weighted by Crippen LogP contribution is 2.23. The first-order valence-electron chi connectivity index (χ1n) is 5.39. The number of hydrogen-bond donors (Lipinski definition) is 0. The van der Waals surface area contributed by atoms with Crippen LogP contribution >= 0.6 is 0 Å². The molecular formula is C15H14O2. The van der Waals surface area contributed by atoms with Crippen LogP contribution in [0.25, 0.3) is 10.8 Å². The molecule has 2 heteroatoms. The lowest BCUT2D eigenvalue weighted by molar-refractivity contribution is 0.240. The minimum atomic E-state index is 0.451. The molecule has 2 aromatic carbocycles. The van der Waals surface area contributed by atoms with E-state index in [9.17, 15) is 0 Å². The van der Waals surface area contributed by atoms with Crippen molar-refractivity contribution in [2.45, 2.75) is 0 Å². The molecule has 0 aliphatic carbocycles. The summed E-state index contributed by atoms with van der Waals surface area (Å²) in [5, 5.41) is 2.27. The lowest BCUT2D eigenvalue weighted by atomic mass is 10.0. The zero-order chi connectivity index (χ0) is 12.1. The molecule has 2 nitrogen and oxygen atoms in total. The molecule has 0 saturated heterocycles. The van der Waals surface area contributed by atoms with Gasteiger partial charge in [0.15, 0.2) is 0 Å². The molecule has 86 valence electrons. The van der Waals surface area contributed by atoms with Crippen LogP contribution in [0.3, 0.4) is 0 Å². The third-order valence-electron chi connectivity index (χ3n) is 2.53. The summed E-state index contributed by atoms with van der Waals surface area (Å²) in [5.41, 5.74) is 1.02. The predicted octanol–water partition coefficient (Wildman–Crippen LogP) is 2.85. The molecular weight excluding hydrogens is 212 g/mol. The van der Waals surface area contributed by atoms with E-state index >= 15 is 0 Å². The van der Waals surface area contributed by atoms with Crippen molar-refractivity contribution in [2.75, 3.05) is 20.8 Å². The predicted molar refractivity (Wildman–Crippen MR) is 69.3 cm³/mol. The summed E-state index contributed by atoms with van der Waals surface area (Å²) in [6, 6.07) is 12.1. The third kappa shape index (κ3) is 2.58. The molecule has 0 aliphatic heterocycles. The molecule has 0 N–H and O–H groups in total. The van der Waals surface area contributed by atoms with Gasteiger partial charge in [0.1, 0.15) is 12.4 Å². The van der Waals surface area contributed by atoms with Gasteiger partial charge < -0.3 is 9.47 Å². The van der Waals surface area contributed by atoms with Crippen LogP contribution in [0.2, 0.25) is 0 Å². The Morgan fingerprint density at radius 1 is 1.12 bits per heavy atom. The molecule has 0 amide bonds. The molecule has 0 atom stereocenters. The number of rotatable bonds is 2. The average Bonchev–Trinajstić information content (AvgIpc) is 2.38. The van der Waals surface area contributed by atoms with Crippen molar-refractivity contribution < 1.29 is 9.47 Å². The molecule has 0 bridgehead atoms. The smallest absolute Gasteiger partial charge is 0.119 e. The largest absolute Gasteiger partial charge is 0.497 e. The Kier molecular flexibility index (Phi) is 3.64. The van der Waals surface area contributed by atoms with Gasteiger partial charge in [0.25, 0.3) is 0 Å². The maximum absolute atomic E-state index is 5.20. The zero-order valence-electron chi connectivity index (χ0n) is 9.99. The second-order valence-electron chi connectivity index (χ2n) is 3.63. The van der Waals surface area contributed by atoms with Gasteiger partial charge in [-0.25, -0.2) is 0 Å². The number of methoxy groups -OCH3 is 2. The summed E-state index contributed by atoms with van der Waals surface area (Å²) in [6.07, 6.45) is 0. The summed E-state index contributed by atoms with van der Waals surface area (Å²) in [5.74, 6) is 6.94. The molecule has 0 saturated carbocycles. The Morgan fingerprint density at radius 3 is 2.76 bits per heavy atom. The number of fused-ring (bicyclic) bond motifs is 1. The van der Waals surface area contributed by atoms with Gasteiger partial charge in [-0.2, -0.15) is 0 Å². The maximum Gasteiger partial charge on any atom is 0.119 e. The Hall–Kier alpha value is -1.98. The van der Waals surface area contributed by atoms with Crippen LogP contribution in [-0.2, 0) is 4.74 Å². The number of ether oxygens (including phenoxy) is 2. The van der Waals surface area contributed by atoms with E-state index in [2.05, 4.69) is 17.9 Å². The molecule has 2 rings (SSSR count). The summed E-state index contributed by atoms with van der Waals surface area (Å²) in [6.45, 7) is 0.451. The zero-order valence-corrected chi connectivity index (χ0v) is 9.99. The summed E-state index contributed by atoms with van der Waals surface area (Å²) >= 11 is 0. The lowest BCUT2D eigenvalue weighted by Gasteiger charge is -2.03. The summed E-state index contributed by atoms with van der Waals surface area (Å²) in [7, 11) is 3.31. The van der Waals surface area contributed by atoms with Crippen LogP contribution < -0.4 is 4.74 Å². The second kappa shape index (κ2) is 5.38. The minimum absolute atomic E-state index is 0.451. The van der Waals surface area contributed by atoms with Crippen molar-refractivity contribution in [1.82, 2.24) is 0 Å². The van der Waals surface area contributed by atoms with Crippen LogP contribution in [0, 0.1) is 11.8 Å². The Morgan fingerprint density at radius 2 is 2.00 bits per heavy atom. The van der Waals surface area contributed by atoms with Crippen molar-refractivity contribution in [1.29, 1.82) is 0 Å². The van der Waals surface area contributed by atoms with E-state index in [1.165, 1.54) is 0 Å². The van der Waals surface area contributed by atoms with E-state index in [4.69, 9.17) is 9.47 Å². The van der Waals surface area contributed by atoms with E-state index < -0.39 is 0 Å². The molecule has 0 radical (unpaired) electrons. The van der Waals surface area contributed by atoms with Crippen molar-refractivity contribution >= 4 is 10.8 Å². The quantitative estimate of drug-likeness (QED) is 0.733. The molecule has 0 heterocycles. The molecule has 17 heavy (non-hydrogen) atoms. The molecule has 0 aromatic heterocycles. The van der Waals surface area contributed by atoms with Gasteiger partial charge in [-0.3, -0.25) is 0 Å². The molecule has 0 fully saturated rings. The van der Waals surface area contributed by atoms with E-state index in [-0.39, 0.29) is 0 Å². The minimum Gasteiger partial charge on any atom is -0.497 e. The Labute approximate surface area is 101 Å². The van der Waals surface area contributed by atoms with Crippen LogP contribution in [-0.4, -0.2) is 20.8 Å². The monoisotopic (exact) mass is 226 g/mol. The highest BCUT2D eigenvalue weighted by Gasteiger charge is 1.99. The number of hydrogen-bond acceptors (Lipinski definition) is 2. The van der Waals surface area contributed by atoms with Crippen molar-refractivity contribution in [3.63, 3.8) is 0 Å². The van der Waals surface area contributed by atoms with Gasteiger partial charge in [-0.1, -0.05) is 24.0 Å². The first-order valence-corrected chi connectivity index (χ1v) is 5.39. The topological polar surface area (TPSA) is 18.5 Å². The number of benzene rings is 2. The van der Waals surface area contributed by atoms with Crippen LogP contribution in [0.5, 0.6) is 5.75 Å². The second-order valence-corrected chi connectivity index (χ2v) is 3.63. The standard InChI is InChI=1S/C15H14O2/c1-16-10-4-7-12-5-3-6-13-11-14(17-2)8-9-15(12)13/h3,5-6,8-9,11H,10H2,1-2H3. The normalized spacial score (nSPS) is 9.76. The van der Waals surface area contributed by atoms with Gasteiger partial charge in [0.05, 0.1) is 7.11 Å². The van der Waals surface area contributed by atoms with E-state index in [0.29, 0.717) is 6.61 Å². The summed E-state index contributed by atoms with van der Waals surface area (Å²) < 4.78 is 10.1. The fraction of sp³-hybridized carbons (Fsp3) is 0.200. The Balaban J connectivity index is 2.48. The van der Waals surface area contributed by atoms with Crippen LogP contribution in [0.1, 0.15) is 5.56 Å². The van der Waals surface area contributed by atoms with Gasteiger partial charge in [-0.05, 0) is 35.0 Å². The fourth-order valence-corrected chi connectivity index (χ4v) is 1.70. The van der Waals surface area contributed by atoms with Crippen molar-refractivity contribution in [2.24, 2.45) is 0 Å². The van der Waals surface area contributed by atoms with Crippen molar-refractivity contribution in [3.8, 4) is 17.6 Å². The van der Waals surface area contributed by atoms with E-state index in [0.717, 1.165) is 22.1 Å². The van der Waals surface area contributed by atoms with Crippen molar-refractivity contribution in [3.05, 3.63) is 42.0 Å². The molecule has 0 unspecified atom stereocenters. The fourth-order valence-electron chi connectivity index (χ4n) is 1.70. The first kappa shape index (κ1) is 11.5. The van der Waals surface area contributed by atoms with Crippen LogP contribution in [0.15, 0.2) is 36.4 Å². The van der Waals surface area contributed by atoms with Gasteiger partial charge in [0.2, 0.25) is 0 Å². The summed E-state index contributed by atoms with van der Waals surface area (Å²) in [4.78, 5) is 0. The lowest BCUT2D eigenvalue weighted by Crippen LogP contribution is -1.85. The highest BCUT2D eigenvalue weighted by atomic mass is 16.5. The Bertz CT molecular complexity index is 576. The van der Waals surface area contributed by atoms with Gasteiger partial charge in [0, 0.05) is 12.7 Å². The molecule has 0 aliphatic rings. The van der Waals surface area contributed by atoms with Gasteiger partial charge >= 0.3 is 0 Å². The molecule has 0 spiro atoms. The maximum atomic E-state index is 5.20. The SMILES string of the molecule is COCC#Cc1cccc2cc(OC)ccc12. The van der Waals surface area contributed by atoms with E-state index in [1.54, 1.807) is 14.2 Å². The molecule has 2 aromatic rings. The first-order chi connectivity index (χ1) is 8.35. The average molecular weight is 226 g/mol. The van der Waals surface area contributed by atoms with Crippen LogP contribution in [0.4, 0.5) is 0 Å². The van der Waals surface area contributed by atoms with E-state index in [1.807, 2.05) is 30.3 Å². The highest BCUT2D eigenvalue weighted by molar-refractivity contribution is 5.89.